The molecule has 0 atom stereocenters. The van der Waals surface area contributed by atoms with Crippen molar-refractivity contribution in [3.8, 4) is 11.3 Å². The molecule has 1 aromatic heterocycles. The number of aromatic nitrogens is 2. The number of piperazine rings is 1. The SMILES string of the molecule is CCNC(=NCc1ccc(N2CCNC(=O)C2)cc1)N(C)Cc1ncc(-c2ccccc2)[nH]1.I. The Labute approximate surface area is 217 Å². The molecule has 0 aliphatic carbocycles. The number of nitrogens with zero attached hydrogens (tertiary/aromatic N) is 4. The zero-order chi connectivity index (χ0) is 23.0. The van der Waals surface area contributed by atoms with E-state index in [1.165, 1.54) is 0 Å². The number of benzene rings is 2. The van der Waals surface area contributed by atoms with Crippen LogP contribution in [0.2, 0.25) is 0 Å². The second-order valence-corrected chi connectivity index (χ2v) is 8.07. The van der Waals surface area contributed by atoms with Crippen molar-refractivity contribution in [1.29, 1.82) is 0 Å². The number of hydrogen-bond acceptors (Lipinski definition) is 4. The number of imidazole rings is 1. The number of hydrogen-bond donors (Lipinski definition) is 3. The van der Waals surface area contributed by atoms with E-state index in [1.807, 2.05) is 31.4 Å². The van der Waals surface area contributed by atoms with Crippen LogP contribution in [0.1, 0.15) is 18.3 Å². The molecule has 1 amide bonds. The number of aromatic amines is 1. The van der Waals surface area contributed by atoms with E-state index in [-0.39, 0.29) is 29.9 Å². The maximum atomic E-state index is 11.6. The van der Waals surface area contributed by atoms with Gasteiger partial charge in [-0.1, -0.05) is 42.5 Å². The fourth-order valence-electron chi connectivity index (χ4n) is 3.81. The maximum Gasteiger partial charge on any atom is 0.239 e. The zero-order valence-electron chi connectivity index (χ0n) is 19.6. The van der Waals surface area contributed by atoms with Gasteiger partial charge in [-0.15, -0.1) is 24.0 Å². The summed E-state index contributed by atoms with van der Waals surface area (Å²) in [4.78, 5) is 28.5. The van der Waals surface area contributed by atoms with E-state index in [4.69, 9.17) is 4.99 Å². The van der Waals surface area contributed by atoms with Gasteiger partial charge in [0.05, 0.1) is 31.5 Å². The van der Waals surface area contributed by atoms with Gasteiger partial charge in [0.1, 0.15) is 5.82 Å². The van der Waals surface area contributed by atoms with Crippen LogP contribution in [0.3, 0.4) is 0 Å². The molecule has 0 spiro atoms. The van der Waals surface area contributed by atoms with Gasteiger partial charge < -0.3 is 25.4 Å². The predicted octanol–water partition coefficient (Wildman–Crippen LogP) is 3.23. The molecule has 0 saturated carbocycles. The van der Waals surface area contributed by atoms with E-state index < -0.39 is 0 Å². The van der Waals surface area contributed by atoms with Gasteiger partial charge in [0.25, 0.3) is 0 Å². The first-order chi connectivity index (χ1) is 16.1. The molecule has 4 rings (SSSR count). The Hall–Kier alpha value is -3.08. The second-order valence-electron chi connectivity index (χ2n) is 8.07. The van der Waals surface area contributed by atoms with Gasteiger partial charge >= 0.3 is 0 Å². The van der Waals surface area contributed by atoms with Gasteiger partial charge in [-0.3, -0.25) is 4.79 Å². The number of anilines is 1. The summed E-state index contributed by atoms with van der Waals surface area (Å²) in [5.74, 6) is 1.78. The molecule has 180 valence electrons. The van der Waals surface area contributed by atoms with Crippen molar-refractivity contribution < 1.29 is 4.79 Å². The van der Waals surface area contributed by atoms with Crippen molar-refractivity contribution in [3.63, 3.8) is 0 Å². The Morgan fingerprint density at radius 3 is 2.65 bits per heavy atom. The molecule has 1 fully saturated rings. The molecule has 0 radical (unpaired) electrons. The van der Waals surface area contributed by atoms with Gasteiger partial charge in [-0.2, -0.15) is 0 Å². The molecule has 2 aromatic carbocycles. The number of aliphatic imine (C=N–C) groups is 1. The van der Waals surface area contributed by atoms with Crippen LogP contribution in [-0.2, 0) is 17.9 Å². The van der Waals surface area contributed by atoms with Crippen molar-refractivity contribution >= 4 is 41.5 Å². The van der Waals surface area contributed by atoms with E-state index >= 15 is 0 Å². The summed E-state index contributed by atoms with van der Waals surface area (Å²) in [5.41, 5.74) is 4.31. The van der Waals surface area contributed by atoms with E-state index in [0.717, 1.165) is 47.4 Å². The van der Waals surface area contributed by atoms with Gasteiger partial charge in [-0.25, -0.2) is 9.98 Å². The molecule has 34 heavy (non-hydrogen) atoms. The normalized spacial score (nSPS) is 13.8. The average Bonchev–Trinajstić information content (AvgIpc) is 3.31. The molecule has 1 saturated heterocycles. The lowest BCUT2D eigenvalue weighted by Crippen LogP contribution is -2.47. The summed E-state index contributed by atoms with van der Waals surface area (Å²) in [5, 5.41) is 6.22. The van der Waals surface area contributed by atoms with Crippen molar-refractivity contribution in [3.05, 3.63) is 72.2 Å². The van der Waals surface area contributed by atoms with E-state index in [0.29, 0.717) is 26.2 Å². The van der Waals surface area contributed by atoms with Crippen LogP contribution in [0.5, 0.6) is 0 Å². The first-order valence-corrected chi connectivity index (χ1v) is 11.3. The third-order valence-electron chi connectivity index (χ3n) is 5.55. The lowest BCUT2D eigenvalue weighted by Gasteiger charge is -2.28. The molecular formula is C25H32IN7O. The van der Waals surface area contributed by atoms with Crippen LogP contribution >= 0.6 is 24.0 Å². The van der Waals surface area contributed by atoms with Crippen LogP contribution in [0.25, 0.3) is 11.3 Å². The molecule has 2 heterocycles. The van der Waals surface area contributed by atoms with Crippen LogP contribution < -0.4 is 15.5 Å². The average molecular weight is 573 g/mol. The van der Waals surface area contributed by atoms with E-state index in [9.17, 15) is 4.79 Å². The highest BCUT2D eigenvalue weighted by Gasteiger charge is 2.16. The van der Waals surface area contributed by atoms with E-state index in [1.54, 1.807) is 0 Å². The van der Waals surface area contributed by atoms with Crippen LogP contribution in [0.15, 0.2) is 65.8 Å². The summed E-state index contributed by atoms with van der Waals surface area (Å²) in [7, 11) is 2.01. The molecule has 3 N–H and O–H groups in total. The highest BCUT2D eigenvalue weighted by Crippen LogP contribution is 2.18. The first-order valence-electron chi connectivity index (χ1n) is 11.3. The van der Waals surface area contributed by atoms with Gasteiger partial charge in [0.15, 0.2) is 5.96 Å². The number of guanidine groups is 1. The topological polar surface area (TPSA) is 88.7 Å². The van der Waals surface area contributed by atoms with Crippen LogP contribution in [-0.4, -0.2) is 60.0 Å². The van der Waals surface area contributed by atoms with Crippen molar-refractivity contribution in [2.45, 2.75) is 20.0 Å². The lowest BCUT2D eigenvalue weighted by molar-refractivity contribution is -0.120. The number of rotatable bonds is 7. The van der Waals surface area contributed by atoms with Crippen LogP contribution in [0.4, 0.5) is 5.69 Å². The van der Waals surface area contributed by atoms with Gasteiger partial charge in [0, 0.05) is 32.4 Å². The minimum absolute atomic E-state index is 0. The Kier molecular flexibility index (Phi) is 9.32. The predicted molar refractivity (Wildman–Crippen MR) is 147 cm³/mol. The molecular weight excluding hydrogens is 541 g/mol. The quantitative estimate of drug-likeness (QED) is 0.230. The number of nitrogens with one attached hydrogen (secondary N) is 3. The first kappa shape index (κ1) is 25.5. The number of H-pyrrole nitrogens is 1. The summed E-state index contributed by atoms with van der Waals surface area (Å²) in [6.45, 7) is 5.96. The maximum absolute atomic E-state index is 11.6. The summed E-state index contributed by atoms with van der Waals surface area (Å²) in [6.07, 6.45) is 1.87. The zero-order valence-corrected chi connectivity index (χ0v) is 22.0. The Morgan fingerprint density at radius 1 is 1.18 bits per heavy atom. The number of halogens is 1. The molecule has 1 aliphatic rings. The number of carbonyl (C=O) groups is 1. The van der Waals surface area contributed by atoms with Crippen LogP contribution in [0, 0.1) is 0 Å². The lowest BCUT2D eigenvalue weighted by atomic mass is 10.2. The summed E-state index contributed by atoms with van der Waals surface area (Å²) in [6, 6.07) is 18.5. The van der Waals surface area contributed by atoms with Crippen molar-refractivity contribution in [1.82, 2.24) is 25.5 Å². The molecule has 0 unspecified atom stereocenters. The van der Waals surface area contributed by atoms with Crippen molar-refractivity contribution in [2.75, 3.05) is 38.1 Å². The molecule has 9 heteroatoms. The number of amides is 1. The third kappa shape index (κ3) is 6.72. The molecule has 3 aromatic rings. The summed E-state index contributed by atoms with van der Waals surface area (Å²) >= 11 is 0. The Balaban J connectivity index is 0.00000324. The highest BCUT2D eigenvalue weighted by molar-refractivity contribution is 14.0. The minimum Gasteiger partial charge on any atom is -0.360 e. The molecule has 0 bridgehead atoms. The monoisotopic (exact) mass is 573 g/mol. The van der Waals surface area contributed by atoms with E-state index in [2.05, 4.69) is 73.7 Å². The second kappa shape index (κ2) is 12.4. The largest absolute Gasteiger partial charge is 0.360 e. The summed E-state index contributed by atoms with van der Waals surface area (Å²) < 4.78 is 0. The standard InChI is InChI=1S/C25H31N7O.HI/c1-3-26-25(31(2)17-23-28-16-22(30-23)20-7-5-4-6-8-20)29-15-19-9-11-21(12-10-19)32-14-13-27-24(33)18-32;/h4-12,16H,3,13-15,17-18H2,1-2H3,(H,26,29)(H,27,33)(H,28,30);1H. The minimum atomic E-state index is 0. The Morgan fingerprint density at radius 2 is 1.94 bits per heavy atom. The molecule has 8 nitrogen and oxygen atoms in total. The highest BCUT2D eigenvalue weighted by atomic mass is 127. The Bertz CT molecular complexity index is 1080. The molecule has 1 aliphatic heterocycles. The number of carbonyl (C=O) groups excluding carboxylic acids is 1. The fraction of sp³-hybridized carbons (Fsp3) is 0.320. The van der Waals surface area contributed by atoms with Gasteiger partial charge in [-0.05, 0) is 30.2 Å². The van der Waals surface area contributed by atoms with Gasteiger partial charge in [0.2, 0.25) is 5.91 Å². The smallest absolute Gasteiger partial charge is 0.239 e. The fourth-order valence-corrected chi connectivity index (χ4v) is 3.81. The van der Waals surface area contributed by atoms with Crippen molar-refractivity contribution in [2.24, 2.45) is 4.99 Å². The third-order valence-corrected chi connectivity index (χ3v) is 5.55.